The Hall–Kier alpha value is -0.920. The van der Waals surface area contributed by atoms with E-state index in [4.69, 9.17) is 5.14 Å². The molecule has 0 spiro atoms. The Balaban J connectivity index is 1.99. The fourth-order valence-corrected chi connectivity index (χ4v) is 2.70. The zero-order valence-corrected chi connectivity index (χ0v) is 10.7. The van der Waals surface area contributed by atoms with E-state index in [0.29, 0.717) is 6.54 Å². The molecule has 17 heavy (non-hydrogen) atoms. The third-order valence-corrected chi connectivity index (χ3v) is 3.93. The summed E-state index contributed by atoms with van der Waals surface area (Å²) in [6, 6.07) is 0.203. The minimum atomic E-state index is -3.38. The van der Waals surface area contributed by atoms with Gasteiger partial charge in [0.1, 0.15) is 0 Å². The molecule has 1 heterocycles. The van der Waals surface area contributed by atoms with Crippen LogP contribution in [-0.4, -0.2) is 30.5 Å². The van der Waals surface area contributed by atoms with Crippen molar-refractivity contribution in [3.8, 4) is 0 Å². The van der Waals surface area contributed by atoms with E-state index in [1.807, 2.05) is 17.9 Å². The number of nitrogens with zero attached hydrogens (tertiary/aromatic N) is 2. The standard InChI is InChI=1S/C10H18N4O2S/c1-14-10-4-2-3-9(8(10)7-13-14)12-5-6-17(11,15)16/h7,9,12H,2-6H2,1H3,(H2,11,15,16). The van der Waals surface area contributed by atoms with Crippen molar-refractivity contribution in [3.63, 3.8) is 0 Å². The third-order valence-electron chi connectivity index (χ3n) is 3.15. The van der Waals surface area contributed by atoms with Crippen LogP contribution in [0.25, 0.3) is 0 Å². The number of sulfonamides is 1. The summed E-state index contributed by atoms with van der Waals surface area (Å²) in [4.78, 5) is 0. The Morgan fingerprint density at radius 1 is 1.65 bits per heavy atom. The van der Waals surface area contributed by atoms with Crippen molar-refractivity contribution in [2.75, 3.05) is 12.3 Å². The van der Waals surface area contributed by atoms with Gasteiger partial charge in [-0.25, -0.2) is 13.6 Å². The van der Waals surface area contributed by atoms with Gasteiger partial charge in [0, 0.05) is 30.9 Å². The number of nitrogens with two attached hydrogens (primary N) is 1. The molecule has 3 N–H and O–H groups in total. The van der Waals surface area contributed by atoms with E-state index in [1.165, 1.54) is 11.3 Å². The first kappa shape index (κ1) is 12.5. The van der Waals surface area contributed by atoms with Crippen LogP contribution < -0.4 is 10.5 Å². The van der Waals surface area contributed by atoms with Crippen molar-refractivity contribution in [1.82, 2.24) is 15.1 Å². The van der Waals surface area contributed by atoms with Gasteiger partial charge in [-0.3, -0.25) is 4.68 Å². The van der Waals surface area contributed by atoms with Crippen molar-refractivity contribution >= 4 is 10.0 Å². The number of hydrogen-bond acceptors (Lipinski definition) is 4. The van der Waals surface area contributed by atoms with Crippen molar-refractivity contribution in [3.05, 3.63) is 17.5 Å². The number of aryl methyl sites for hydroxylation is 1. The molecule has 0 saturated heterocycles. The highest BCUT2D eigenvalue weighted by Crippen LogP contribution is 2.28. The Morgan fingerprint density at radius 2 is 2.41 bits per heavy atom. The molecule has 0 aromatic carbocycles. The minimum Gasteiger partial charge on any atom is -0.309 e. The van der Waals surface area contributed by atoms with Crippen molar-refractivity contribution < 1.29 is 8.42 Å². The monoisotopic (exact) mass is 258 g/mol. The summed E-state index contributed by atoms with van der Waals surface area (Å²) in [6.07, 6.45) is 5.02. The Morgan fingerprint density at radius 3 is 3.12 bits per heavy atom. The number of primary sulfonamides is 1. The maximum atomic E-state index is 10.8. The van der Waals surface area contributed by atoms with Crippen LogP contribution in [-0.2, 0) is 23.5 Å². The normalized spacial score (nSPS) is 20.2. The SMILES string of the molecule is Cn1ncc2c1CCCC2NCCS(N)(=O)=O. The molecular formula is C10H18N4O2S. The lowest BCUT2D eigenvalue weighted by Crippen LogP contribution is -2.31. The molecule has 0 radical (unpaired) electrons. The maximum Gasteiger partial charge on any atom is 0.210 e. The average Bonchev–Trinajstić information content (AvgIpc) is 2.60. The predicted octanol–water partition coefficient (Wildman–Crippen LogP) is -0.324. The van der Waals surface area contributed by atoms with Gasteiger partial charge in [-0.15, -0.1) is 0 Å². The first-order chi connectivity index (χ1) is 7.97. The molecule has 1 atom stereocenters. The zero-order valence-electron chi connectivity index (χ0n) is 9.89. The van der Waals surface area contributed by atoms with Gasteiger partial charge in [0.05, 0.1) is 11.9 Å². The Kier molecular flexibility index (Phi) is 3.50. The fraction of sp³-hybridized carbons (Fsp3) is 0.700. The van der Waals surface area contributed by atoms with Crippen LogP contribution in [0.5, 0.6) is 0 Å². The lowest BCUT2D eigenvalue weighted by atomic mass is 9.93. The van der Waals surface area contributed by atoms with Gasteiger partial charge < -0.3 is 5.32 Å². The summed E-state index contributed by atoms with van der Waals surface area (Å²) in [5, 5.41) is 12.4. The van der Waals surface area contributed by atoms with E-state index in [0.717, 1.165) is 19.3 Å². The first-order valence-corrected chi connectivity index (χ1v) is 7.43. The summed E-state index contributed by atoms with van der Waals surface area (Å²) in [5.41, 5.74) is 2.43. The quantitative estimate of drug-likeness (QED) is 0.774. The van der Waals surface area contributed by atoms with Gasteiger partial charge in [0.15, 0.2) is 0 Å². The number of nitrogens with one attached hydrogen (secondary N) is 1. The maximum absolute atomic E-state index is 10.8. The molecular weight excluding hydrogens is 240 g/mol. The van der Waals surface area contributed by atoms with Gasteiger partial charge >= 0.3 is 0 Å². The van der Waals surface area contributed by atoms with Gasteiger partial charge in [-0.2, -0.15) is 5.10 Å². The lowest BCUT2D eigenvalue weighted by Gasteiger charge is -2.23. The Bertz CT molecular complexity index is 494. The molecule has 0 aliphatic heterocycles. The second-order valence-electron chi connectivity index (χ2n) is 4.44. The highest BCUT2D eigenvalue weighted by Gasteiger charge is 2.22. The second kappa shape index (κ2) is 4.75. The van der Waals surface area contributed by atoms with Crippen LogP contribution in [0.15, 0.2) is 6.20 Å². The molecule has 96 valence electrons. The van der Waals surface area contributed by atoms with Crippen LogP contribution in [0.2, 0.25) is 0 Å². The van der Waals surface area contributed by atoms with Crippen LogP contribution in [0.3, 0.4) is 0 Å². The number of aromatic nitrogens is 2. The molecule has 1 aliphatic rings. The molecule has 6 nitrogen and oxygen atoms in total. The zero-order chi connectivity index (χ0) is 12.5. The summed E-state index contributed by atoms with van der Waals surface area (Å²) in [7, 11) is -1.44. The van der Waals surface area contributed by atoms with Crippen LogP contribution >= 0.6 is 0 Å². The summed E-state index contributed by atoms with van der Waals surface area (Å²) < 4.78 is 23.6. The van der Waals surface area contributed by atoms with Gasteiger partial charge in [-0.05, 0) is 19.3 Å². The molecule has 1 unspecified atom stereocenters. The van der Waals surface area contributed by atoms with Crippen LogP contribution in [0, 0.1) is 0 Å². The molecule has 0 amide bonds. The molecule has 0 bridgehead atoms. The third kappa shape index (κ3) is 3.05. The van der Waals surface area contributed by atoms with E-state index >= 15 is 0 Å². The van der Waals surface area contributed by atoms with Gasteiger partial charge in [-0.1, -0.05) is 0 Å². The number of fused-ring (bicyclic) bond motifs is 1. The highest BCUT2D eigenvalue weighted by molar-refractivity contribution is 7.89. The fourth-order valence-electron chi connectivity index (χ4n) is 2.29. The van der Waals surface area contributed by atoms with E-state index in [2.05, 4.69) is 10.4 Å². The van der Waals surface area contributed by atoms with E-state index in [-0.39, 0.29) is 11.8 Å². The molecule has 1 aromatic rings. The van der Waals surface area contributed by atoms with Crippen LogP contribution in [0.4, 0.5) is 0 Å². The Labute approximate surface area is 101 Å². The predicted molar refractivity (Wildman–Crippen MR) is 64.9 cm³/mol. The molecule has 2 rings (SSSR count). The topological polar surface area (TPSA) is 90.0 Å². The van der Waals surface area contributed by atoms with Crippen molar-refractivity contribution in [2.24, 2.45) is 12.2 Å². The molecule has 0 saturated carbocycles. The van der Waals surface area contributed by atoms with Crippen molar-refractivity contribution in [2.45, 2.75) is 25.3 Å². The molecule has 0 fully saturated rings. The minimum absolute atomic E-state index is 0.0287. The largest absolute Gasteiger partial charge is 0.309 e. The molecule has 1 aliphatic carbocycles. The second-order valence-corrected chi connectivity index (χ2v) is 6.17. The first-order valence-electron chi connectivity index (χ1n) is 5.72. The van der Waals surface area contributed by atoms with E-state index in [9.17, 15) is 8.42 Å². The highest BCUT2D eigenvalue weighted by atomic mass is 32.2. The summed E-state index contributed by atoms with van der Waals surface area (Å²) >= 11 is 0. The molecule has 7 heteroatoms. The van der Waals surface area contributed by atoms with Crippen LogP contribution in [0.1, 0.15) is 30.1 Å². The summed E-state index contributed by atoms with van der Waals surface area (Å²) in [6.45, 7) is 0.387. The van der Waals surface area contributed by atoms with Gasteiger partial charge in [0.25, 0.3) is 0 Å². The van der Waals surface area contributed by atoms with Crippen molar-refractivity contribution in [1.29, 1.82) is 0 Å². The molecule has 1 aromatic heterocycles. The number of hydrogen-bond donors (Lipinski definition) is 2. The summed E-state index contributed by atoms with van der Waals surface area (Å²) in [5.74, 6) is -0.0287. The van der Waals surface area contributed by atoms with E-state index in [1.54, 1.807) is 0 Å². The smallest absolute Gasteiger partial charge is 0.210 e. The van der Waals surface area contributed by atoms with E-state index < -0.39 is 10.0 Å². The lowest BCUT2D eigenvalue weighted by molar-refractivity contribution is 0.462. The average molecular weight is 258 g/mol. The van der Waals surface area contributed by atoms with Gasteiger partial charge in [0.2, 0.25) is 10.0 Å². The number of rotatable bonds is 4.